The average Bonchev–Trinajstić information content (AvgIpc) is 2.94. The predicted octanol–water partition coefficient (Wildman–Crippen LogP) is 2.26. The van der Waals surface area contributed by atoms with Gasteiger partial charge in [-0.05, 0) is 31.4 Å². The van der Waals surface area contributed by atoms with Crippen molar-refractivity contribution in [3.8, 4) is 0 Å². The first-order valence-corrected chi connectivity index (χ1v) is 7.42. The number of rotatable bonds is 4. The number of benzene rings is 1. The Morgan fingerprint density at radius 3 is 3.05 bits per heavy atom. The van der Waals surface area contributed by atoms with Crippen LogP contribution in [0.5, 0.6) is 0 Å². The van der Waals surface area contributed by atoms with Gasteiger partial charge in [0.2, 0.25) is 11.8 Å². The third-order valence-electron chi connectivity index (χ3n) is 3.75. The summed E-state index contributed by atoms with van der Waals surface area (Å²) < 4.78 is 10.8. The molecule has 116 valence electrons. The lowest BCUT2D eigenvalue weighted by molar-refractivity contribution is -0.125. The van der Waals surface area contributed by atoms with Crippen LogP contribution in [0.25, 0.3) is 0 Å². The molecule has 22 heavy (non-hydrogen) atoms. The number of ether oxygens (including phenoxy) is 1. The maximum Gasteiger partial charge on any atom is 0.248 e. The molecular weight excluding hydrogens is 282 g/mol. The summed E-state index contributed by atoms with van der Waals surface area (Å²) in [6, 6.07) is 7.79. The first kappa shape index (κ1) is 14.7. The van der Waals surface area contributed by atoms with Crippen LogP contribution in [0.2, 0.25) is 0 Å². The fourth-order valence-electron chi connectivity index (χ4n) is 2.67. The number of hydrogen-bond acceptors (Lipinski definition) is 5. The zero-order valence-corrected chi connectivity index (χ0v) is 12.7. The van der Waals surface area contributed by atoms with Crippen LogP contribution >= 0.6 is 0 Å². The van der Waals surface area contributed by atoms with Gasteiger partial charge in [0.05, 0.1) is 19.1 Å². The number of hydrogen-bond donors (Lipinski definition) is 1. The Hall–Kier alpha value is -2.21. The highest BCUT2D eigenvalue weighted by molar-refractivity contribution is 5.77. The highest BCUT2D eigenvalue weighted by Gasteiger charge is 2.24. The molecule has 2 unspecified atom stereocenters. The van der Waals surface area contributed by atoms with Gasteiger partial charge in [0, 0.05) is 0 Å². The van der Waals surface area contributed by atoms with Crippen LogP contribution in [0, 0.1) is 6.92 Å². The number of carbonyl (C=O) groups excluding carboxylic acids is 1. The highest BCUT2D eigenvalue weighted by atomic mass is 16.5. The topological polar surface area (TPSA) is 77.2 Å². The van der Waals surface area contributed by atoms with E-state index in [0.717, 1.165) is 12.0 Å². The van der Waals surface area contributed by atoms with E-state index >= 15 is 0 Å². The van der Waals surface area contributed by atoms with Gasteiger partial charge >= 0.3 is 0 Å². The summed E-state index contributed by atoms with van der Waals surface area (Å²) in [5, 5.41) is 6.60. The Morgan fingerprint density at radius 1 is 1.45 bits per heavy atom. The molecule has 0 saturated heterocycles. The van der Waals surface area contributed by atoms with Crippen molar-refractivity contribution in [1.29, 1.82) is 0 Å². The maximum atomic E-state index is 12.2. The van der Waals surface area contributed by atoms with E-state index in [9.17, 15) is 4.79 Å². The molecule has 2 atom stereocenters. The maximum absolute atomic E-state index is 12.2. The smallest absolute Gasteiger partial charge is 0.248 e. The van der Waals surface area contributed by atoms with Gasteiger partial charge in [0.1, 0.15) is 6.04 Å². The third-order valence-corrected chi connectivity index (χ3v) is 3.75. The van der Waals surface area contributed by atoms with Gasteiger partial charge in [-0.1, -0.05) is 29.4 Å². The molecule has 0 bridgehead atoms. The Labute approximate surface area is 128 Å². The second kappa shape index (κ2) is 6.27. The largest absolute Gasteiger partial charge is 0.373 e. The number of carbonyl (C=O) groups is 1. The summed E-state index contributed by atoms with van der Waals surface area (Å²) >= 11 is 0. The van der Waals surface area contributed by atoms with E-state index < -0.39 is 0 Å². The molecule has 2 aromatic rings. The zero-order chi connectivity index (χ0) is 15.5. The number of fused-ring (bicyclic) bond motifs is 1. The highest BCUT2D eigenvalue weighted by Crippen LogP contribution is 2.29. The van der Waals surface area contributed by atoms with E-state index in [1.54, 1.807) is 6.92 Å². The summed E-state index contributed by atoms with van der Waals surface area (Å²) in [4.78, 5) is 16.4. The minimum atomic E-state index is -0.312. The number of aromatic nitrogens is 2. The molecule has 6 nitrogen and oxygen atoms in total. The average molecular weight is 301 g/mol. The van der Waals surface area contributed by atoms with Crippen molar-refractivity contribution in [2.24, 2.45) is 0 Å². The summed E-state index contributed by atoms with van der Waals surface area (Å²) in [6.45, 7) is 4.21. The quantitative estimate of drug-likeness (QED) is 0.937. The summed E-state index contributed by atoms with van der Waals surface area (Å²) in [6.07, 6.45) is 0.988. The second-order valence-corrected chi connectivity index (χ2v) is 5.48. The van der Waals surface area contributed by atoms with E-state index in [1.165, 1.54) is 5.56 Å². The monoisotopic (exact) mass is 301 g/mol. The van der Waals surface area contributed by atoms with Gasteiger partial charge in [0.25, 0.3) is 0 Å². The molecule has 0 aliphatic carbocycles. The minimum absolute atomic E-state index is 0.0925. The Balaban J connectivity index is 1.63. The van der Waals surface area contributed by atoms with E-state index in [2.05, 4.69) is 21.5 Å². The van der Waals surface area contributed by atoms with Crippen LogP contribution in [0.4, 0.5) is 0 Å². The second-order valence-electron chi connectivity index (χ2n) is 5.48. The molecule has 0 fully saturated rings. The molecule has 1 aromatic heterocycles. The van der Waals surface area contributed by atoms with E-state index in [-0.39, 0.29) is 24.5 Å². The lowest BCUT2D eigenvalue weighted by Gasteiger charge is -2.26. The fourth-order valence-corrected chi connectivity index (χ4v) is 2.67. The first-order valence-electron chi connectivity index (χ1n) is 7.42. The molecular formula is C16H19N3O3. The van der Waals surface area contributed by atoms with Gasteiger partial charge in [0.15, 0.2) is 5.82 Å². The van der Waals surface area contributed by atoms with Crippen LogP contribution in [0.1, 0.15) is 48.3 Å². The zero-order valence-electron chi connectivity index (χ0n) is 12.7. The number of nitrogens with zero attached hydrogens (tertiary/aromatic N) is 2. The van der Waals surface area contributed by atoms with Gasteiger partial charge in [-0.3, -0.25) is 4.79 Å². The van der Waals surface area contributed by atoms with Crippen molar-refractivity contribution in [3.63, 3.8) is 0 Å². The van der Waals surface area contributed by atoms with Crippen LogP contribution in [0.15, 0.2) is 28.8 Å². The van der Waals surface area contributed by atoms with Crippen LogP contribution in [-0.2, 0) is 16.0 Å². The minimum Gasteiger partial charge on any atom is -0.373 e. The van der Waals surface area contributed by atoms with Gasteiger partial charge in [-0.25, -0.2) is 0 Å². The summed E-state index contributed by atoms with van der Waals surface area (Å²) in [5.41, 5.74) is 2.36. The van der Waals surface area contributed by atoms with E-state index in [4.69, 9.17) is 9.26 Å². The molecule has 1 aromatic carbocycles. The summed E-state index contributed by atoms with van der Waals surface area (Å²) in [7, 11) is 0. The first-order chi connectivity index (χ1) is 10.6. The molecule has 1 aliphatic rings. The van der Waals surface area contributed by atoms with Crippen molar-refractivity contribution < 1.29 is 14.1 Å². The van der Waals surface area contributed by atoms with Gasteiger partial charge in [-0.2, -0.15) is 4.98 Å². The molecule has 1 N–H and O–H groups in total. The molecule has 6 heteroatoms. The predicted molar refractivity (Wildman–Crippen MR) is 79.0 cm³/mol. The van der Waals surface area contributed by atoms with E-state index in [1.807, 2.05) is 25.1 Å². The number of amides is 1. The van der Waals surface area contributed by atoms with Crippen molar-refractivity contribution >= 4 is 5.91 Å². The van der Waals surface area contributed by atoms with Crippen molar-refractivity contribution in [1.82, 2.24) is 15.5 Å². The van der Waals surface area contributed by atoms with Crippen LogP contribution < -0.4 is 5.32 Å². The lowest BCUT2D eigenvalue weighted by Crippen LogP contribution is -2.30. The molecule has 2 heterocycles. The molecule has 0 saturated carbocycles. The Kier molecular flexibility index (Phi) is 4.20. The van der Waals surface area contributed by atoms with Crippen molar-refractivity contribution in [2.75, 3.05) is 6.61 Å². The van der Waals surface area contributed by atoms with E-state index in [0.29, 0.717) is 18.3 Å². The molecule has 0 radical (unpaired) electrons. The van der Waals surface area contributed by atoms with Gasteiger partial charge in [-0.15, -0.1) is 0 Å². The van der Waals surface area contributed by atoms with Crippen LogP contribution in [-0.4, -0.2) is 22.7 Å². The number of aryl methyl sites for hydroxylation is 1. The standard InChI is InChI=1S/C16H19N3O3/c1-10(16-18-11(2)19-22-16)17-15(20)9-14-13-6-4-3-5-12(13)7-8-21-14/h3-6,10,14H,7-9H2,1-2H3,(H,17,20). The normalized spacial score (nSPS) is 18.5. The lowest BCUT2D eigenvalue weighted by atomic mass is 9.95. The van der Waals surface area contributed by atoms with Gasteiger partial charge < -0.3 is 14.6 Å². The molecule has 1 aliphatic heterocycles. The SMILES string of the molecule is Cc1noc(C(C)NC(=O)CC2OCCc3ccccc32)n1. The third kappa shape index (κ3) is 3.17. The summed E-state index contributed by atoms with van der Waals surface area (Å²) in [5.74, 6) is 0.876. The fraction of sp³-hybridized carbons (Fsp3) is 0.438. The van der Waals surface area contributed by atoms with Crippen molar-refractivity contribution in [3.05, 3.63) is 47.1 Å². The Morgan fingerprint density at radius 2 is 2.27 bits per heavy atom. The van der Waals surface area contributed by atoms with Crippen molar-refractivity contribution in [2.45, 2.75) is 38.8 Å². The molecule has 0 spiro atoms. The molecule has 1 amide bonds. The Bertz CT molecular complexity index is 668. The van der Waals surface area contributed by atoms with Crippen LogP contribution in [0.3, 0.4) is 0 Å². The number of nitrogens with one attached hydrogen (secondary N) is 1. The molecule has 3 rings (SSSR count).